The van der Waals surface area contributed by atoms with Crippen molar-refractivity contribution in [1.82, 2.24) is 5.32 Å². The first-order chi connectivity index (χ1) is 12.5. The lowest BCUT2D eigenvalue weighted by atomic mass is 10.0. The van der Waals surface area contributed by atoms with Gasteiger partial charge in [-0.1, -0.05) is 54.6 Å². The Morgan fingerprint density at radius 3 is 2.38 bits per heavy atom. The van der Waals surface area contributed by atoms with Crippen molar-refractivity contribution < 1.29 is 9.59 Å². The summed E-state index contributed by atoms with van der Waals surface area (Å²) in [6.07, 6.45) is 4.52. The molecule has 3 rings (SSSR count). The molecule has 2 aromatic rings. The minimum atomic E-state index is -0.0889. The minimum absolute atomic E-state index is 0.0403. The minimum Gasteiger partial charge on any atom is -0.354 e. The molecule has 0 aliphatic carbocycles. The van der Waals surface area contributed by atoms with Crippen LogP contribution < -0.4 is 10.2 Å². The summed E-state index contributed by atoms with van der Waals surface area (Å²) in [7, 11) is 0. The number of anilines is 1. The van der Waals surface area contributed by atoms with Gasteiger partial charge in [0.1, 0.15) is 0 Å². The molecule has 0 bridgehead atoms. The van der Waals surface area contributed by atoms with Crippen LogP contribution in [0.2, 0.25) is 0 Å². The van der Waals surface area contributed by atoms with Crippen LogP contribution in [0, 0.1) is 0 Å². The summed E-state index contributed by atoms with van der Waals surface area (Å²) in [6.45, 7) is 4.33. The summed E-state index contributed by atoms with van der Waals surface area (Å²) in [6, 6.07) is 16.0. The first kappa shape index (κ1) is 17.9. The number of carbonyl (C=O) groups excluding carboxylic acids is 2. The Hall–Kier alpha value is -2.88. The quantitative estimate of drug-likeness (QED) is 0.908. The Bertz CT molecular complexity index is 840. The van der Waals surface area contributed by atoms with Gasteiger partial charge in [-0.3, -0.25) is 9.59 Å². The van der Waals surface area contributed by atoms with Crippen LogP contribution in [0.15, 0.2) is 48.5 Å². The maximum atomic E-state index is 12.9. The summed E-state index contributed by atoms with van der Waals surface area (Å²) < 4.78 is 0. The van der Waals surface area contributed by atoms with Crippen molar-refractivity contribution in [3.8, 4) is 0 Å². The van der Waals surface area contributed by atoms with Crippen LogP contribution in [-0.4, -0.2) is 17.9 Å². The first-order valence-electron chi connectivity index (χ1n) is 8.99. The van der Waals surface area contributed by atoms with Crippen molar-refractivity contribution in [2.45, 2.75) is 39.3 Å². The van der Waals surface area contributed by atoms with Gasteiger partial charge in [0.25, 0.3) is 0 Å². The van der Waals surface area contributed by atoms with Gasteiger partial charge in [0.05, 0.1) is 12.2 Å². The molecule has 0 aromatic heterocycles. The fraction of sp³-hybridized carbons (Fsp3) is 0.273. The van der Waals surface area contributed by atoms with Gasteiger partial charge in [-0.15, -0.1) is 0 Å². The molecular weight excluding hydrogens is 324 g/mol. The smallest absolute Gasteiger partial charge is 0.227 e. The number of hydrogen-bond donors (Lipinski definition) is 1. The van der Waals surface area contributed by atoms with E-state index in [1.807, 2.05) is 62.4 Å². The summed E-state index contributed by atoms with van der Waals surface area (Å²) in [4.78, 5) is 26.7. The van der Waals surface area contributed by atoms with Gasteiger partial charge in [-0.2, -0.15) is 0 Å². The number of fused-ring (bicyclic) bond motifs is 2. The van der Waals surface area contributed by atoms with Crippen molar-refractivity contribution in [1.29, 1.82) is 0 Å². The molecule has 0 saturated carbocycles. The molecule has 0 saturated heterocycles. The lowest BCUT2D eigenvalue weighted by Crippen LogP contribution is -2.34. The van der Waals surface area contributed by atoms with Gasteiger partial charge in [0, 0.05) is 18.9 Å². The zero-order valence-electron chi connectivity index (χ0n) is 15.2. The average Bonchev–Trinajstić information content (AvgIpc) is 2.61. The van der Waals surface area contributed by atoms with Crippen LogP contribution in [0.5, 0.6) is 0 Å². The van der Waals surface area contributed by atoms with Gasteiger partial charge < -0.3 is 10.2 Å². The third kappa shape index (κ3) is 4.20. The second-order valence-corrected chi connectivity index (χ2v) is 6.79. The van der Waals surface area contributed by atoms with Crippen molar-refractivity contribution in [3.63, 3.8) is 0 Å². The number of rotatable bonds is 4. The van der Waals surface area contributed by atoms with Gasteiger partial charge in [0.2, 0.25) is 11.8 Å². The number of benzene rings is 2. The highest BCUT2D eigenvalue weighted by Gasteiger charge is 2.21. The first-order valence-corrected chi connectivity index (χ1v) is 8.99. The van der Waals surface area contributed by atoms with Gasteiger partial charge >= 0.3 is 0 Å². The van der Waals surface area contributed by atoms with E-state index < -0.39 is 0 Å². The molecule has 0 unspecified atom stereocenters. The summed E-state index contributed by atoms with van der Waals surface area (Å²) in [5.74, 6) is -0.129. The molecule has 4 nitrogen and oxygen atoms in total. The zero-order chi connectivity index (χ0) is 18.5. The van der Waals surface area contributed by atoms with E-state index in [0.29, 0.717) is 6.54 Å². The van der Waals surface area contributed by atoms with E-state index in [2.05, 4.69) is 17.5 Å². The van der Waals surface area contributed by atoms with Crippen LogP contribution in [0.3, 0.4) is 0 Å². The van der Waals surface area contributed by atoms with E-state index in [1.165, 1.54) is 0 Å². The number of nitrogens with zero attached hydrogens (tertiary/aromatic N) is 1. The molecule has 2 aromatic carbocycles. The molecule has 1 N–H and O–H groups in total. The largest absolute Gasteiger partial charge is 0.354 e. The molecule has 1 aliphatic heterocycles. The number of carbonyl (C=O) groups is 2. The Morgan fingerprint density at radius 2 is 1.62 bits per heavy atom. The highest BCUT2D eigenvalue weighted by Crippen LogP contribution is 2.29. The predicted octanol–water partition coefficient (Wildman–Crippen LogP) is 4.01. The molecule has 1 heterocycles. The van der Waals surface area contributed by atoms with Crippen molar-refractivity contribution in [2.75, 3.05) is 4.90 Å². The predicted molar refractivity (Wildman–Crippen MR) is 106 cm³/mol. The van der Waals surface area contributed by atoms with Crippen LogP contribution in [0.1, 0.15) is 43.4 Å². The third-order valence-corrected chi connectivity index (χ3v) is 4.37. The molecule has 0 radical (unpaired) electrons. The molecule has 26 heavy (non-hydrogen) atoms. The van der Waals surface area contributed by atoms with E-state index in [9.17, 15) is 9.59 Å². The molecule has 0 spiro atoms. The third-order valence-electron chi connectivity index (χ3n) is 4.37. The van der Waals surface area contributed by atoms with E-state index in [0.717, 1.165) is 22.4 Å². The van der Waals surface area contributed by atoms with Crippen molar-refractivity contribution in [3.05, 3.63) is 65.2 Å². The topological polar surface area (TPSA) is 49.4 Å². The van der Waals surface area contributed by atoms with E-state index in [-0.39, 0.29) is 30.7 Å². The van der Waals surface area contributed by atoms with E-state index in [4.69, 9.17) is 0 Å². The molecule has 4 heteroatoms. The highest BCUT2D eigenvalue weighted by molar-refractivity contribution is 5.98. The van der Waals surface area contributed by atoms with Crippen molar-refractivity contribution >= 4 is 29.7 Å². The lowest BCUT2D eigenvalue weighted by Gasteiger charge is -2.27. The fourth-order valence-electron chi connectivity index (χ4n) is 3.12. The van der Waals surface area contributed by atoms with Gasteiger partial charge in [-0.05, 0) is 36.6 Å². The van der Waals surface area contributed by atoms with Gasteiger partial charge in [0.15, 0.2) is 0 Å². The second-order valence-electron chi connectivity index (χ2n) is 6.79. The lowest BCUT2D eigenvalue weighted by molar-refractivity contribution is -0.125. The molecule has 1 aliphatic rings. The van der Waals surface area contributed by atoms with Crippen molar-refractivity contribution in [2.24, 2.45) is 0 Å². The van der Waals surface area contributed by atoms with Crippen LogP contribution in [-0.2, 0) is 16.1 Å². The van der Waals surface area contributed by atoms with Crippen LogP contribution >= 0.6 is 0 Å². The molecule has 0 atom stereocenters. The fourth-order valence-corrected chi connectivity index (χ4v) is 3.12. The second kappa shape index (κ2) is 8.00. The maximum Gasteiger partial charge on any atom is 0.227 e. The van der Waals surface area contributed by atoms with Gasteiger partial charge in [-0.25, -0.2) is 0 Å². The number of nitrogens with one attached hydrogen (secondary N) is 1. The molecule has 0 fully saturated rings. The van der Waals surface area contributed by atoms with Crippen LogP contribution in [0.4, 0.5) is 5.69 Å². The molecule has 2 amide bonds. The number of para-hydroxylation sites is 1. The average molecular weight is 348 g/mol. The summed E-state index contributed by atoms with van der Waals surface area (Å²) in [5, 5.41) is 2.84. The monoisotopic (exact) mass is 348 g/mol. The molecular formula is C22H24N2O2. The van der Waals surface area contributed by atoms with E-state index >= 15 is 0 Å². The number of hydrogen-bond acceptors (Lipinski definition) is 2. The molecule has 134 valence electrons. The zero-order valence-corrected chi connectivity index (χ0v) is 15.2. The Morgan fingerprint density at radius 1 is 0.962 bits per heavy atom. The summed E-state index contributed by atoms with van der Waals surface area (Å²) >= 11 is 0. The Balaban J connectivity index is 1.86. The summed E-state index contributed by atoms with van der Waals surface area (Å²) in [5.41, 5.74) is 4.09. The number of amides is 2. The van der Waals surface area contributed by atoms with E-state index in [1.54, 1.807) is 4.90 Å². The SMILES string of the molecule is CC(C)NC(=O)CCC(=O)N1Cc2ccccc2/C=C\c2ccccc21. The standard InChI is InChI=1S/C22H24N2O2/c1-16(2)23-21(25)13-14-22(26)24-15-19-9-4-3-7-17(19)11-12-18-8-5-6-10-20(18)24/h3-12,16H,13-15H2,1-2H3,(H,23,25)/b12-11-. The Labute approximate surface area is 154 Å². The Kier molecular flexibility index (Phi) is 5.52. The van der Waals surface area contributed by atoms with Crippen LogP contribution in [0.25, 0.3) is 12.2 Å². The normalized spacial score (nSPS) is 14.0. The highest BCUT2D eigenvalue weighted by atomic mass is 16.2. The maximum absolute atomic E-state index is 12.9.